The highest BCUT2D eigenvalue weighted by Crippen LogP contribution is 2.57. The van der Waals surface area contributed by atoms with Gasteiger partial charge in [0.15, 0.2) is 5.78 Å². The number of anilines is 1. The minimum atomic E-state index is -5.32. The van der Waals surface area contributed by atoms with Crippen LogP contribution in [-0.2, 0) is 31.1 Å². The molecule has 3 aromatic carbocycles. The first-order valence-electron chi connectivity index (χ1n) is 16.2. The molecule has 7 nitrogen and oxygen atoms in total. The van der Waals surface area contributed by atoms with Gasteiger partial charge in [0.05, 0.1) is 26.4 Å². The molecule has 50 heavy (non-hydrogen) atoms. The molecular formula is C38H38ClF4NO6. The number of Topliss-reactive ketones (excluding diaryl/α,β-unsaturated/α-hetero) is 1. The van der Waals surface area contributed by atoms with Crippen LogP contribution in [0.1, 0.15) is 73.0 Å². The minimum Gasteiger partial charge on any atom is -0.497 e. The monoisotopic (exact) mass is 715 g/mol. The average Bonchev–Trinajstić information content (AvgIpc) is 3.35. The number of hydrogen-bond donors (Lipinski definition) is 0. The van der Waals surface area contributed by atoms with Crippen molar-refractivity contribution in [1.82, 2.24) is 0 Å². The van der Waals surface area contributed by atoms with Gasteiger partial charge in [-0.05, 0) is 104 Å². The summed E-state index contributed by atoms with van der Waals surface area (Å²) >= 11 is 6.15. The Morgan fingerprint density at radius 1 is 0.980 bits per heavy atom. The molecule has 0 heterocycles. The Bertz CT molecular complexity index is 1800. The number of hydrogen-bond acceptors (Lipinski definition) is 6. The number of alkyl halides is 3. The van der Waals surface area contributed by atoms with E-state index in [9.17, 15) is 27.6 Å². The minimum absolute atomic E-state index is 0.0372. The Morgan fingerprint density at radius 3 is 2.24 bits per heavy atom. The largest absolute Gasteiger partial charge is 0.497 e. The van der Waals surface area contributed by atoms with Crippen LogP contribution in [0.3, 0.4) is 0 Å². The number of nitrogens with zero attached hydrogens (tertiary/aromatic N) is 1. The summed E-state index contributed by atoms with van der Waals surface area (Å²) in [6.07, 6.45) is -3.21. The number of halogens is 5. The van der Waals surface area contributed by atoms with E-state index in [2.05, 4.69) is 0 Å². The third-order valence-corrected chi connectivity index (χ3v) is 10.0. The SMILES string of the molecule is COC(=O)C1(N(C(=O)C(F)(F)F)c2cccc(Cl)c2)CCC2(CC1)C(C[C@@H](C)COCc1ccc(OC)cc1)=Cc1cc(F)c(C(C)=O)cc12. The molecule has 2 aliphatic carbocycles. The predicted octanol–water partition coefficient (Wildman–Crippen LogP) is 8.65. The van der Waals surface area contributed by atoms with Gasteiger partial charge in [-0.1, -0.05) is 48.4 Å². The lowest BCUT2D eigenvalue weighted by atomic mass is 9.60. The van der Waals surface area contributed by atoms with E-state index in [4.69, 9.17) is 25.8 Å². The molecule has 2 aliphatic rings. The number of carbonyl (C=O) groups is 3. The number of rotatable bonds is 11. The van der Waals surface area contributed by atoms with E-state index in [-0.39, 0.29) is 47.9 Å². The zero-order valence-corrected chi connectivity index (χ0v) is 28.9. The average molecular weight is 716 g/mol. The second kappa shape index (κ2) is 14.6. The lowest BCUT2D eigenvalue weighted by molar-refractivity contribution is -0.174. The van der Waals surface area contributed by atoms with Crippen LogP contribution in [0.4, 0.5) is 23.2 Å². The number of ketones is 1. The number of esters is 1. The van der Waals surface area contributed by atoms with Crippen molar-refractivity contribution in [2.75, 3.05) is 25.7 Å². The van der Waals surface area contributed by atoms with Crippen LogP contribution in [0.25, 0.3) is 6.08 Å². The van der Waals surface area contributed by atoms with Gasteiger partial charge in [-0.3, -0.25) is 14.5 Å². The summed E-state index contributed by atoms with van der Waals surface area (Å²) in [5.74, 6) is -3.69. The molecule has 0 aromatic heterocycles. The van der Waals surface area contributed by atoms with Gasteiger partial charge in [-0.15, -0.1) is 0 Å². The van der Waals surface area contributed by atoms with E-state index in [0.717, 1.165) is 24.0 Å². The number of allylic oxidation sites excluding steroid dienone is 1. The fourth-order valence-electron chi connectivity index (χ4n) is 7.37. The van der Waals surface area contributed by atoms with Crippen molar-refractivity contribution in [3.63, 3.8) is 0 Å². The van der Waals surface area contributed by atoms with Crippen LogP contribution in [0, 0.1) is 11.7 Å². The number of fused-ring (bicyclic) bond motifs is 2. The van der Waals surface area contributed by atoms with Gasteiger partial charge in [0.1, 0.15) is 17.1 Å². The molecular weight excluding hydrogens is 678 g/mol. The molecule has 5 rings (SSSR count). The molecule has 1 amide bonds. The van der Waals surface area contributed by atoms with Gasteiger partial charge in [0.25, 0.3) is 0 Å². The summed E-state index contributed by atoms with van der Waals surface area (Å²) in [7, 11) is 2.65. The second-order valence-corrected chi connectivity index (χ2v) is 13.5. The molecule has 266 valence electrons. The highest BCUT2D eigenvalue weighted by atomic mass is 35.5. The van der Waals surface area contributed by atoms with Crippen molar-refractivity contribution in [3.8, 4) is 5.75 Å². The summed E-state index contributed by atoms with van der Waals surface area (Å²) < 4.78 is 74.1. The maximum Gasteiger partial charge on any atom is 0.471 e. The van der Waals surface area contributed by atoms with Crippen LogP contribution < -0.4 is 9.64 Å². The zero-order chi connectivity index (χ0) is 36.4. The van der Waals surface area contributed by atoms with Crippen molar-refractivity contribution < 1.29 is 46.2 Å². The first kappa shape index (κ1) is 37.0. The Balaban J connectivity index is 1.49. The quantitative estimate of drug-likeness (QED) is 0.112. The van der Waals surface area contributed by atoms with Crippen molar-refractivity contribution >= 4 is 41.0 Å². The fourth-order valence-corrected chi connectivity index (χ4v) is 7.55. The number of methoxy groups -OCH3 is 2. The maximum atomic E-state index is 15.1. The standard InChI is InChI=1S/C38H38ClF4NO6/c1-23(21-50-22-25-8-10-30(48-3)11-9-25)16-27-17-26-18-33(40)31(24(2)45)20-32(26)36(27)12-14-37(15-13-36,35(47)49-4)44(34(46)38(41,42)43)29-7-5-6-28(39)19-29/h5-11,17-20,23H,12-16,21-22H2,1-4H3/t23-,36?,37?/m1/s1. The molecule has 0 N–H and O–H groups in total. The van der Waals surface area contributed by atoms with E-state index < -0.39 is 40.6 Å². The number of ether oxygens (including phenoxy) is 3. The Labute approximate surface area is 293 Å². The first-order chi connectivity index (χ1) is 23.6. The van der Waals surface area contributed by atoms with Crippen molar-refractivity contribution in [1.29, 1.82) is 0 Å². The van der Waals surface area contributed by atoms with E-state index in [1.54, 1.807) is 7.11 Å². The lowest BCUT2D eigenvalue weighted by Crippen LogP contribution is -2.63. The van der Waals surface area contributed by atoms with Gasteiger partial charge in [-0.25, -0.2) is 9.18 Å². The molecule has 12 heteroatoms. The lowest BCUT2D eigenvalue weighted by Gasteiger charge is -2.50. The molecule has 1 atom stereocenters. The molecule has 0 aliphatic heterocycles. The van der Waals surface area contributed by atoms with E-state index >= 15 is 4.39 Å². The summed E-state index contributed by atoms with van der Waals surface area (Å²) in [5, 5.41) is 0.0756. The second-order valence-electron chi connectivity index (χ2n) is 13.0. The van der Waals surface area contributed by atoms with Crippen molar-refractivity contribution in [3.05, 3.63) is 99.3 Å². The third-order valence-electron chi connectivity index (χ3n) is 9.81. The van der Waals surface area contributed by atoms with Crippen molar-refractivity contribution in [2.24, 2.45) is 5.92 Å². The Kier molecular flexibility index (Phi) is 10.8. The highest BCUT2D eigenvalue weighted by Gasteiger charge is 2.59. The molecule has 0 radical (unpaired) electrons. The summed E-state index contributed by atoms with van der Waals surface area (Å²) in [4.78, 5) is 39.7. The summed E-state index contributed by atoms with van der Waals surface area (Å²) in [6, 6.07) is 15.6. The van der Waals surface area contributed by atoms with Crippen LogP contribution in [-0.4, -0.2) is 50.2 Å². The molecule has 0 saturated heterocycles. The van der Waals surface area contributed by atoms with Crippen LogP contribution in [0.5, 0.6) is 5.75 Å². The predicted molar refractivity (Wildman–Crippen MR) is 181 cm³/mol. The van der Waals surface area contributed by atoms with Crippen molar-refractivity contribution in [2.45, 2.75) is 69.7 Å². The first-order valence-corrected chi connectivity index (χ1v) is 16.5. The Hall–Kier alpha value is -4.22. The summed E-state index contributed by atoms with van der Waals surface area (Å²) in [6.45, 7) is 3.99. The maximum absolute atomic E-state index is 15.1. The number of benzene rings is 3. The van der Waals surface area contributed by atoms with E-state index in [0.29, 0.717) is 35.7 Å². The Morgan fingerprint density at radius 2 is 1.66 bits per heavy atom. The molecule has 1 fully saturated rings. The van der Waals surface area contributed by atoms with E-state index in [1.807, 2.05) is 37.3 Å². The molecule has 3 aromatic rings. The van der Waals surface area contributed by atoms with Gasteiger partial charge in [0, 0.05) is 22.7 Å². The highest BCUT2D eigenvalue weighted by molar-refractivity contribution is 6.31. The summed E-state index contributed by atoms with van der Waals surface area (Å²) in [5.41, 5.74) is -0.171. The molecule has 0 unspecified atom stereocenters. The van der Waals surface area contributed by atoms with E-state index in [1.165, 1.54) is 43.3 Å². The van der Waals surface area contributed by atoms with Gasteiger partial charge >= 0.3 is 18.1 Å². The normalized spacial score (nSPS) is 20.5. The van der Waals surface area contributed by atoms with Gasteiger partial charge in [-0.2, -0.15) is 13.2 Å². The number of amides is 1. The van der Waals surface area contributed by atoms with Gasteiger partial charge in [0.2, 0.25) is 0 Å². The van der Waals surface area contributed by atoms with Crippen LogP contribution >= 0.6 is 11.6 Å². The fraction of sp³-hybridized carbons (Fsp3) is 0.395. The smallest absolute Gasteiger partial charge is 0.471 e. The molecule has 0 bridgehead atoms. The third kappa shape index (κ3) is 7.16. The molecule has 1 saturated carbocycles. The number of carbonyl (C=O) groups excluding carboxylic acids is 3. The van der Waals surface area contributed by atoms with Crippen LogP contribution in [0.15, 0.2) is 66.2 Å². The molecule has 1 spiro atoms. The van der Waals surface area contributed by atoms with Gasteiger partial charge < -0.3 is 14.2 Å². The zero-order valence-electron chi connectivity index (χ0n) is 28.2. The topological polar surface area (TPSA) is 82.1 Å². The van der Waals surface area contributed by atoms with Crippen LogP contribution in [0.2, 0.25) is 5.02 Å².